The van der Waals surface area contributed by atoms with E-state index in [9.17, 15) is 0 Å². The van der Waals surface area contributed by atoms with E-state index in [2.05, 4.69) is 54.8 Å². The molecule has 0 amide bonds. The van der Waals surface area contributed by atoms with Crippen molar-refractivity contribution in [1.82, 2.24) is 19.1 Å². The largest absolute Gasteiger partial charge is 0.510 e. The van der Waals surface area contributed by atoms with Crippen molar-refractivity contribution in [2.45, 2.75) is 33.1 Å². The van der Waals surface area contributed by atoms with Crippen molar-refractivity contribution in [2.75, 3.05) is 0 Å². The van der Waals surface area contributed by atoms with Crippen LogP contribution >= 0.6 is 0 Å². The Hall–Kier alpha value is -6.62. The van der Waals surface area contributed by atoms with Crippen LogP contribution in [0.1, 0.15) is 45.7 Å². The molecule has 0 atom stereocenters. The van der Waals surface area contributed by atoms with Crippen molar-refractivity contribution in [3.8, 4) is 50.9 Å². The molecule has 0 fully saturated rings. The number of nitrogens with zero attached hydrogens (tertiary/aromatic N) is 5. The van der Waals surface area contributed by atoms with Gasteiger partial charge in [-0.25, -0.2) is 4.98 Å². The maximum absolute atomic E-state index is 8.99. The summed E-state index contributed by atoms with van der Waals surface area (Å²) in [7, 11) is 0. The summed E-state index contributed by atoms with van der Waals surface area (Å²) in [6.07, 6.45) is 7.08. The average molecular weight is 955 g/mol. The number of ether oxygens (including phenoxy) is 1. The van der Waals surface area contributed by atoms with Crippen LogP contribution in [0.25, 0.3) is 72.3 Å². The van der Waals surface area contributed by atoms with E-state index in [1.807, 2.05) is 61.8 Å². The van der Waals surface area contributed by atoms with Gasteiger partial charge in [0.15, 0.2) is 0 Å². The van der Waals surface area contributed by atoms with E-state index in [1.54, 1.807) is 51.6 Å². The van der Waals surface area contributed by atoms with Gasteiger partial charge in [0.1, 0.15) is 5.82 Å². The van der Waals surface area contributed by atoms with E-state index < -0.39 is 60.4 Å². The van der Waals surface area contributed by atoms with E-state index in [4.69, 9.17) is 23.4 Å². The number of rotatable bonds is 7. The minimum atomic E-state index is -0.573. The zero-order valence-electron chi connectivity index (χ0n) is 42.3. The number of para-hydroxylation sites is 3. The molecule has 0 aliphatic carbocycles. The maximum Gasteiger partial charge on any atom is 0.268 e. The van der Waals surface area contributed by atoms with E-state index >= 15 is 0 Å². The standard InChI is InChI=1S/C52H39N5O.Pt/c1-35-29-48-45(33-54-35)44-26-25-41(32-49(44)57(48)50-30-38(27-28-53-50)52(2,3)4)58-40-20-13-19-39(31-40)55-34-56(47-24-12-11-23-46(47)55)51-42(36-15-7-5-8-16-36)21-14-22-43(51)37-17-9-6-10-18-37;/h5-30,33H,1-4H3;/q-2;/i5D,6D,7D,8D,9D,10D,15D,16D,17D,18D;. The number of benzene rings is 6. The quantitative estimate of drug-likeness (QED) is 0.118. The summed E-state index contributed by atoms with van der Waals surface area (Å²) in [6, 6.07) is 29.0. The first-order valence-electron chi connectivity index (χ1n) is 23.7. The van der Waals surface area contributed by atoms with Crippen LogP contribution in [0.2, 0.25) is 0 Å². The summed E-state index contributed by atoms with van der Waals surface area (Å²) in [5.41, 5.74) is 5.34. The van der Waals surface area contributed by atoms with Gasteiger partial charge in [-0.2, -0.15) is 18.2 Å². The Morgan fingerprint density at radius 3 is 2.12 bits per heavy atom. The number of aryl methyl sites for hydroxylation is 1. The molecule has 4 heterocycles. The van der Waals surface area contributed by atoms with Crippen LogP contribution in [-0.4, -0.2) is 19.1 Å². The average Bonchev–Trinajstić information content (AvgIpc) is 3.87. The predicted octanol–water partition coefficient (Wildman–Crippen LogP) is 11.9. The molecule has 0 radical (unpaired) electrons. The zero-order chi connectivity index (χ0) is 48.1. The van der Waals surface area contributed by atoms with Gasteiger partial charge in [-0.3, -0.25) is 9.55 Å². The molecule has 59 heavy (non-hydrogen) atoms. The molecule has 0 unspecified atom stereocenters. The van der Waals surface area contributed by atoms with Crippen molar-refractivity contribution >= 4 is 32.8 Å². The summed E-state index contributed by atoms with van der Waals surface area (Å²) >= 11 is 0. The minimum absolute atomic E-state index is 0. The van der Waals surface area contributed by atoms with Crippen molar-refractivity contribution in [2.24, 2.45) is 0 Å². The van der Waals surface area contributed by atoms with Gasteiger partial charge in [0.25, 0.3) is 6.33 Å². The first kappa shape index (κ1) is 27.9. The zero-order valence-corrected chi connectivity index (χ0v) is 34.5. The van der Waals surface area contributed by atoms with Crippen LogP contribution in [-0.2, 0) is 26.5 Å². The van der Waals surface area contributed by atoms with Gasteiger partial charge >= 0.3 is 0 Å². The molecular formula is C52H39N5OPt-2. The fraction of sp³-hybridized carbons (Fsp3) is 0.0962. The molecule has 0 N–H and O–H groups in total. The van der Waals surface area contributed by atoms with Gasteiger partial charge < -0.3 is 13.9 Å². The fourth-order valence-electron chi connectivity index (χ4n) is 7.33. The molecule has 0 aliphatic rings. The van der Waals surface area contributed by atoms with Gasteiger partial charge in [-0.05, 0) is 69.4 Å². The van der Waals surface area contributed by atoms with Crippen molar-refractivity contribution < 1.29 is 44.1 Å². The molecule has 10 rings (SSSR count). The number of hydrogen-bond acceptors (Lipinski definition) is 3. The summed E-state index contributed by atoms with van der Waals surface area (Å²) in [4.78, 5) is 9.40. The van der Waals surface area contributed by atoms with Crippen molar-refractivity contribution in [3.05, 3.63) is 194 Å². The third-order valence-corrected chi connectivity index (χ3v) is 10.1. The molecule has 0 saturated carbocycles. The maximum atomic E-state index is 8.99. The summed E-state index contributed by atoms with van der Waals surface area (Å²) < 4.78 is 98.7. The van der Waals surface area contributed by atoms with E-state index in [0.29, 0.717) is 28.2 Å². The second-order valence-corrected chi connectivity index (χ2v) is 14.9. The molecule has 0 bridgehead atoms. The van der Waals surface area contributed by atoms with Gasteiger partial charge in [-0.15, -0.1) is 29.7 Å². The third-order valence-electron chi connectivity index (χ3n) is 10.1. The molecule has 6 nitrogen and oxygen atoms in total. The first-order chi connectivity index (χ1) is 32.4. The van der Waals surface area contributed by atoms with E-state index in [-0.39, 0.29) is 54.4 Å². The normalized spacial score (nSPS) is 14.0. The molecule has 290 valence electrons. The molecule has 0 aliphatic heterocycles. The Kier molecular flexibility index (Phi) is 7.23. The Balaban J connectivity index is 0.00000593. The molecule has 6 aromatic carbocycles. The second-order valence-electron chi connectivity index (χ2n) is 14.9. The van der Waals surface area contributed by atoms with Crippen LogP contribution in [0.3, 0.4) is 0 Å². The Morgan fingerprint density at radius 1 is 0.695 bits per heavy atom. The fourth-order valence-corrected chi connectivity index (χ4v) is 7.33. The van der Waals surface area contributed by atoms with Gasteiger partial charge in [0, 0.05) is 56.2 Å². The van der Waals surface area contributed by atoms with E-state index in [0.717, 1.165) is 38.9 Å². The van der Waals surface area contributed by atoms with Crippen molar-refractivity contribution in [1.29, 1.82) is 0 Å². The molecule has 7 heteroatoms. The summed E-state index contributed by atoms with van der Waals surface area (Å²) in [5, 5.41) is 1.86. The summed E-state index contributed by atoms with van der Waals surface area (Å²) in [5.74, 6) is 1.50. The van der Waals surface area contributed by atoms with Crippen LogP contribution < -0.4 is 9.30 Å². The number of fused-ring (bicyclic) bond motifs is 4. The Labute approximate surface area is 372 Å². The predicted molar refractivity (Wildman–Crippen MR) is 232 cm³/mol. The topological polar surface area (TPSA) is 48.8 Å². The molecular weight excluding hydrogens is 906 g/mol. The molecule has 0 spiro atoms. The first-order valence-corrected chi connectivity index (χ1v) is 18.7. The Morgan fingerprint density at radius 2 is 1.39 bits per heavy atom. The van der Waals surface area contributed by atoms with Crippen LogP contribution in [0.15, 0.2) is 164 Å². The number of aromatic nitrogens is 5. The number of hydrogen-bond donors (Lipinski definition) is 0. The SMILES string of the molecule is [2H]c1c([2H])c([2H])c(-c2cccc(-c3c([2H])c([2H])c([2H])c([2H])c3[2H])c2-[n+]2[c-]n(-c3[c-]c(Oc4[c-]c5c(cc4)c4cnc(C)cc4n5-c4cc(C(C)(C)C)ccn4)ccc3)c3ccccc32)c([2H])c1[2H].[Pt]. The van der Waals surface area contributed by atoms with Crippen LogP contribution in [0, 0.1) is 25.4 Å². The smallest absolute Gasteiger partial charge is 0.268 e. The van der Waals surface area contributed by atoms with Gasteiger partial charge in [-0.1, -0.05) is 129 Å². The van der Waals surface area contributed by atoms with Gasteiger partial charge in [0.2, 0.25) is 0 Å². The molecule has 4 aromatic heterocycles. The summed E-state index contributed by atoms with van der Waals surface area (Å²) in [6.45, 7) is 8.43. The third kappa shape index (κ3) is 6.94. The minimum Gasteiger partial charge on any atom is -0.510 e. The number of pyridine rings is 2. The van der Waals surface area contributed by atoms with Crippen LogP contribution in [0.5, 0.6) is 11.5 Å². The van der Waals surface area contributed by atoms with E-state index in [1.165, 1.54) is 0 Å². The Bertz CT molecular complexity index is 3610. The van der Waals surface area contributed by atoms with Crippen LogP contribution in [0.4, 0.5) is 0 Å². The monoisotopic (exact) mass is 954 g/mol. The molecule has 0 saturated heterocycles. The number of imidazole rings is 1. The van der Waals surface area contributed by atoms with Gasteiger partial charge in [0.05, 0.1) is 30.4 Å². The second kappa shape index (κ2) is 15.3. The molecule has 10 aromatic rings. The van der Waals surface area contributed by atoms with Crippen molar-refractivity contribution in [3.63, 3.8) is 0 Å².